The summed E-state index contributed by atoms with van der Waals surface area (Å²) in [5.41, 5.74) is 4.52. The fourth-order valence-corrected chi connectivity index (χ4v) is 3.48. The summed E-state index contributed by atoms with van der Waals surface area (Å²) in [5.74, 6) is -0.00801. The molecular weight excluding hydrogens is 318 g/mol. The summed E-state index contributed by atoms with van der Waals surface area (Å²) in [6, 6.07) is 16.2. The summed E-state index contributed by atoms with van der Waals surface area (Å²) in [6.45, 7) is 4.08. The van der Waals surface area contributed by atoms with Crippen LogP contribution >= 0.6 is 11.8 Å². The lowest BCUT2D eigenvalue weighted by Gasteiger charge is -2.05. The molecule has 3 rings (SSSR count). The Labute approximate surface area is 146 Å². The van der Waals surface area contributed by atoms with Crippen molar-refractivity contribution in [2.75, 3.05) is 0 Å². The van der Waals surface area contributed by atoms with Crippen LogP contribution in [-0.4, -0.2) is 22.5 Å². The Morgan fingerprint density at radius 3 is 2.79 bits per heavy atom. The first-order valence-corrected chi connectivity index (χ1v) is 8.69. The van der Waals surface area contributed by atoms with Gasteiger partial charge in [0.05, 0.1) is 11.5 Å². The number of amides is 1. The molecule has 122 valence electrons. The number of amidine groups is 1. The lowest BCUT2D eigenvalue weighted by atomic mass is 10.1. The van der Waals surface area contributed by atoms with Crippen molar-refractivity contribution < 1.29 is 4.79 Å². The molecule has 1 heterocycles. The van der Waals surface area contributed by atoms with Gasteiger partial charge in [-0.1, -0.05) is 65.9 Å². The first-order valence-electron chi connectivity index (χ1n) is 7.81. The molecule has 24 heavy (non-hydrogen) atoms. The summed E-state index contributed by atoms with van der Waals surface area (Å²) in [5, 5.41) is 11.4. The SMILES string of the molecule is Cc1cccc(C[C@@H]2S/C(=N\N=C/c3ccccc3C)NC2=O)c1. The molecule has 0 aliphatic carbocycles. The highest BCUT2D eigenvalue weighted by Crippen LogP contribution is 2.23. The zero-order chi connectivity index (χ0) is 16.9. The Hall–Kier alpha value is -2.40. The van der Waals surface area contributed by atoms with Gasteiger partial charge in [0, 0.05) is 0 Å². The number of aryl methyl sites for hydroxylation is 2. The second kappa shape index (κ2) is 7.45. The van der Waals surface area contributed by atoms with Gasteiger partial charge >= 0.3 is 0 Å². The topological polar surface area (TPSA) is 53.8 Å². The molecule has 0 unspecified atom stereocenters. The van der Waals surface area contributed by atoms with E-state index in [0.717, 1.165) is 16.7 Å². The molecule has 4 nitrogen and oxygen atoms in total. The molecule has 1 aliphatic rings. The van der Waals surface area contributed by atoms with Crippen LogP contribution in [0.25, 0.3) is 0 Å². The zero-order valence-electron chi connectivity index (χ0n) is 13.7. The van der Waals surface area contributed by atoms with E-state index in [9.17, 15) is 4.79 Å². The average molecular weight is 337 g/mol. The van der Waals surface area contributed by atoms with Crippen LogP contribution in [0.15, 0.2) is 58.7 Å². The molecule has 1 aliphatic heterocycles. The van der Waals surface area contributed by atoms with Gasteiger partial charge in [-0.15, -0.1) is 5.10 Å². The van der Waals surface area contributed by atoms with Gasteiger partial charge in [-0.25, -0.2) is 0 Å². The van der Waals surface area contributed by atoms with E-state index in [1.807, 2.05) is 43.3 Å². The van der Waals surface area contributed by atoms with Crippen LogP contribution in [0.5, 0.6) is 0 Å². The Bertz CT molecular complexity index is 814. The van der Waals surface area contributed by atoms with Gasteiger partial charge in [0.1, 0.15) is 0 Å². The normalized spacial score (nSPS) is 19.2. The minimum atomic E-state index is -0.154. The van der Waals surface area contributed by atoms with Crippen LogP contribution in [0.4, 0.5) is 0 Å². The van der Waals surface area contributed by atoms with Crippen molar-refractivity contribution in [2.24, 2.45) is 10.2 Å². The number of carbonyl (C=O) groups excluding carboxylic acids is 1. The van der Waals surface area contributed by atoms with Crippen LogP contribution in [-0.2, 0) is 11.2 Å². The Morgan fingerprint density at radius 1 is 1.17 bits per heavy atom. The van der Waals surface area contributed by atoms with Crippen molar-refractivity contribution >= 4 is 29.1 Å². The molecule has 0 bridgehead atoms. The van der Waals surface area contributed by atoms with Crippen molar-refractivity contribution in [1.29, 1.82) is 0 Å². The Balaban J connectivity index is 1.65. The van der Waals surface area contributed by atoms with Crippen molar-refractivity contribution in [3.8, 4) is 0 Å². The molecule has 0 radical (unpaired) electrons. The van der Waals surface area contributed by atoms with Crippen LogP contribution < -0.4 is 5.32 Å². The molecule has 0 spiro atoms. The van der Waals surface area contributed by atoms with E-state index in [0.29, 0.717) is 11.6 Å². The van der Waals surface area contributed by atoms with Crippen LogP contribution in [0.2, 0.25) is 0 Å². The molecule has 0 aromatic heterocycles. The Kier molecular flexibility index (Phi) is 5.11. The van der Waals surface area contributed by atoms with E-state index >= 15 is 0 Å². The first kappa shape index (κ1) is 16.5. The monoisotopic (exact) mass is 337 g/mol. The van der Waals surface area contributed by atoms with E-state index in [2.05, 4.69) is 34.6 Å². The zero-order valence-corrected chi connectivity index (χ0v) is 14.5. The molecule has 1 saturated heterocycles. The minimum absolute atomic E-state index is 0.00801. The fraction of sp³-hybridized carbons (Fsp3) is 0.211. The molecule has 1 atom stereocenters. The molecular formula is C19H19N3OS. The van der Waals surface area contributed by atoms with Gasteiger partial charge in [-0.2, -0.15) is 5.10 Å². The number of hydrogen-bond donors (Lipinski definition) is 1. The minimum Gasteiger partial charge on any atom is -0.303 e. The van der Waals surface area contributed by atoms with Crippen molar-refractivity contribution in [3.63, 3.8) is 0 Å². The second-order valence-electron chi connectivity index (χ2n) is 5.80. The smallest absolute Gasteiger partial charge is 0.239 e. The van der Waals surface area contributed by atoms with E-state index < -0.39 is 0 Å². The summed E-state index contributed by atoms with van der Waals surface area (Å²) < 4.78 is 0. The molecule has 2 aromatic rings. The van der Waals surface area contributed by atoms with Crippen molar-refractivity contribution in [3.05, 3.63) is 70.8 Å². The fourth-order valence-electron chi connectivity index (χ4n) is 2.51. The van der Waals surface area contributed by atoms with Crippen LogP contribution in [0.3, 0.4) is 0 Å². The Morgan fingerprint density at radius 2 is 2.00 bits per heavy atom. The maximum absolute atomic E-state index is 12.1. The predicted molar refractivity (Wildman–Crippen MR) is 101 cm³/mol. The number of nitrogens with zero attached hydrogens (tertiary/aromatic N) is 2. The van der Waals surface area contributed by atoms with Crippen molar-refractivity contribution in [2.45, 2.75) is 25.5 Å². The number of hydrogen-bond acceptors (Lipinski definition) is 4. The first-order chi connectivity index (χ1) is 11.6. The van der Waals surface area contributed by atoms with Crippen molar-refractivity contribution in [1.82, 2.24) is 5.32 Å². The molecule has 1 fully saturated rings. The number of thioether (sulfide) groups is 1. The summed E-state index contributed by atoms with van der Waals surface area (Å²) >= 11 is 1.43. The summed E-state index contributed by atoms with van der Waals surface area (Å²) in [7, 11) is 0. The molecule has 1 N–H and O–H groups in total. The number of rotatable bonds is 4. The van der Waals surface area contributed by atoms with Gasteiger partial charge in [0.15, 0.2) is 5.17 Å². The standard InChI is InChI=1S/C19H19N3OS/c1-13-6-5-8-15(10-13)11-17-18(23)21-19(24-17)22-20-12-16-9-4-3-7-14(16)2/h3-10,12,17H,11H2,1-2H3,(H,21,22,23)/b20-12-/t17-/m0/s1. The van der Waals surface area contributed by atoms with E-state index in [1.165, 1.54) is 17.3 Å². The number of nitrogens with one attached hydrogen (secondary N) is 1. The van der Waals surface area contributed by atoms with E-state index in [-0.39, 0.29) is 11.2 Å². The van der Waals surface area contributed by atoms with E-state index in [1.54, 1.807) is 6.21 Å². The number of benzene rings is 2. The second-order valence-corrected chi connectivity index (χ2v) is 6.99. The highest BCUT2D eigenvalue weighted by Gasteiger charge is 2.30. The van der Waals surface area contributed by atoms with Gasteiger partial charge in [0.25, 0.3) is 0 Å². The highest BCUT2D eigenvalue weighted by atomic mass is 32.2. The third-order valence-corrected chi connectivity index (χ3v) is 4.89. The maximum Gasteiger partial charge on any atom is 0.239 e. The lowest BCUT2D eigenvalue weighted by Crippen LogP contribution is -2.25. The lowest BCUT2D eigenvalue weighted by molar-refractivity contribution is -0.118. The third-order valence-electron chi connectivity index (χ3n) is 3.81. The molecule has 2 aromatic carbocycles. The van der Waals surface area contributed by atoms with E-state index in [4.69, 9.17) is 0 Å². The van der Waals surface area contributed by atoms with Gasteiger partial charge in [-0.05, 0) is 37.0 Å². The number of carbonyl (C=O) groups is 1. The summed E-state index contributed by atoms with van der Waals surface area (Å²) in [4.78, 5) is 12.1. The van der Waals surface area contributed by atoms with Gasteiger partial charge in [-0.3, -0.25) is 4.79 Å². The quantitative estimate of drug-likeness (QED) is 0.686. The molecule has 1 amide bonds. The average Bonchev–Trinajstić information content (AvgIpc) is 2.89. The van der Waals surface area contributed by atoms with Crippen LogP contribution in [0, 0.1) is 13.8 Å². The van der Waals surface area contributed by atoms with Gasteiger partial charge < -0.3 is 5.32 Å². The predicted octanol–water partition coefficient (Wildman–Crippen LogP) is 3.47. The largest absolute Gasteiger partial charge is 0.303 e. The maximum atomic E-state index is 12.1. The van der Waals surface area contributed by atoms with Crippen LogP contribution in [0.1, 0.15) is 22.3 Å². The van der Waals surface area contributed by atoms with Gasteiger partial charge in [0.2, 0.25) is 5.91 Å². The highest BCUT2D eigenvalue weighted by molar-refractivity contribution is 8.15. The third kappa shape index (κ3) is 4.11. The molecule has 5 heteroatoms. The summed E-state index contributed by atoms with van der Waals surface area (Å²) in [6.07, 6.45) is 2.40. The molecule has 0 saturated carbocycles.